The first-order chi connectivity index (χ1) is 11.0. The van der Waals surface area contributed by atoms with E-state index in [1.54, 1.807) is 38.3 Å². The molecule has 0 aliphatic rings. The molecule has 0 aliphatic heterocycles. The number of nitrogens with two attached hydrogens (primary N) is 1. The molecule has 0 radical (unpaired) electrons. The van der Waals surface area contributed by atoms with Gasteiger partial charge in [-0.25, -0.2) is 10.8 Å². The van der Waals surface area contributed by atoms with Crippen molar-refractivity contribution in [2.45, 2.75) is 13.8 Å². The maximum atomic E-state index is 11.3. The highest BCUT2D eigenvalue weighted by atomic mass is 16.6. The van der Waals surface area contributed by atoms with Crippen LogP contribution in [0.15, 0.2) is 24.3 Å². The Labute approximate surface area is 133 Å². The minimum Gasteiger partial charge on any atom is -0.497 e. The second-order valence-electron chi connectivity index (χ2n) is 4.70. The Morgan fingerprint density at radius 3 is 2.52 bits per heavy atom. The average Bonchev–Trinajstić information content (AvgIpc) is 2.53. The van der Waals surface area contributed by atoms with Crippen molar-refractivity contribution in [1.29, 1.82) is 0 Å². The van der Waals surface area contributed by atoms with Gasteiger partial charge < -0.3 is 10.1 Å². The lowest BCUT2D eigenvalue weighted by molar-refractivity contribution is -0.385. The summed E-state index contributed by atoms with van der Waals surface area (Å²) in [6, 6.07) is 6.95. The molecule has 0 aliphatic carbocycles. The van der Waals surface area contributed by atoms with Crippen LogP contribution in [0.25, 0.3) is 0 Å². The molecule has 0 atom stereocenters. The predicted molar refractivity (Wildman–Crippen MR) is 86.9 cm³/mol. The number of benzene rings is 1. The van der Waals surface area contributed by atoms with Gasteiger partial charge in [-0.15, -0.1) is 0 Å². The number of rotatable bonds is 6. The molecule has 3 N–H and O–H groups in total. The first kappa shape index (κ1) is 16.4. The van der Waals surface area contributed by atoms with E-state index in [9.17, 15) is 10.1 Å². The standard InChI is InChI=1S/C14H18N6O3/c1-4-19(15)14-16-9(2)12(20(21)22)13(18-14)17-10-5-7-11(23-3)8-6-10/h5-8H,4,15H2,1-3H3,(H,16,17,18). The third kappa shape index (κ3) is 3.64. The minimum absolute atomic E-state index is 0.0894. The van der Waals surface area contributed by atoms with Crippen LogP contribution in [-0.2, 0) is 0 Å². The molecule has 0 spiro atoms. The van der Waals surface area contributed by atoms with Crippen LogP contribution in [0, 0.1) is 17.0 Å². The van der Waals surface area contributed by atoms with Crippen molar-refractivity contribution >= 4 is 23.1 Å². The topological polar surface area (TPSA) is 119 Å². The Hall–Kier alpha value is -2.94. The summed E-state index contributed by atoms with van der Waals surface area (Å²) in [5.41, 5.74) is 0.687. The molecule has 0 saturated heterocycles. The molecule has 2 rings (SSSR count). The summed E-state index contributed by atoms with van der Waals surface area (Å²) in [4.78, 5) is 19.0. The zero-order valence-electron chi connectivity index (χ0n) is 13.1. The maximum absolute atomic E-state index is 11.3. The largest absolute Gasteiger partial charge is 0.497 e. The number of hydrogen-bond acceptors (Lipinski definition) is 8. The summed E-state index contributed by atoms with van der Waals surface area (Å²) in [5.74, 6) is 6.77. The van der Waals surface area contributed by atoms with Crippen LogP contribution in [0.2, 0.25) is 0 Å². The van der Waals surface area contributed by atoms with Gasteiger partial charge in [-0.1, -0.05) is 0 Å². The quantitative estimate of drug-likeness (QED) is 0.472. The second-order valence-corrected chi connectivity index (χ2v) is 4.70. The number of anilines is 3. The smallest absolute Gasteiger partial charge is 0.332 e. The third-order valence-electron chi connectivity index (χ3n) is 3.18. The van der Waals surface area contributed by atoms with Gasteiger partial charge in [0.2, 0.25) is 11.8 Å². The predicted octanol–water partition coefficient (Wildman–Crippen LogP) is 2.15. The van der Waals surface area contributed by atoms with Crippen molar-refractivity contribution in [1.82, 2.24) is 9.97 Å². The van der Waals surface area contributed by atoms with Crippen LogP contribution >= 0.6 is 0 Å². The fourth-order valence-corrected chi connectivity index (χ4v) is 1.94. The first-order valence-corrected chi connectivity index (χ1v) is 6.92. The Bertz CT molecular complexity index is 704. The molecule has 0 fully saturated rings. The van der Waals surface area contributed by atoms with Crippen LogP contribution in [-0.4, -0.2) is 28.5 Å². The molecule has 0 bridgehead atoms. The fourth-order valence-electron chi connectivity index (χ4n) is 1.94. The van der Waals surface area contributed by atoms with E-state index in [2.05, 4.69) is 15.3 Å². The van der Waals surface area contributed by atoms with Crippen LogP contribution in [0.3, 0.4) is 0 Å². The lowest BCUT2D eigenvalue weighted by atomic mass is 10.3. The van der Waals surface area contributed by atoms with Gasteiger partial charge in [0.1, 0.15) is 11.4 Å². The van der Waals surface area contributed by atoms with E-state index < -0.39 is 4.92 Å². The maximum Gasteiger partial charge on any atom is 0.332 e. The number of hydrazine groups is 1. The molecule has 23 heavy (non-hydrogen) atoms. The van der Waals surface area contributed by atoms with Crippen molar-refractivity contribution < 1.29 is 9.66 Å². The van der Waals surface area contributed by atoms with Crippen LogP contribution < -0.4 is 20.9 Å². The summed E-state index contributed by atoms with van der Waals surface area (Å²) in [5, 5.41) is 15.6. The van der Waals surface area contributed by atoms with E-state index in [1.165, 1.54) is 5.01 Å². The SMILES string of the molecule is CCN(N)c1nc(C)c([N+](=O)[O-])c(Nc2ccc(OC)cc2)n1. The summed E-state index contributed by atoms with van der Waals surface area (Å²) in [6.07, 6.45) is 0. The molecule has 0 amide bonds. The molecular formula is C14H18N6O3. The molecule has 9 heteroatoms. The summed E-state index contributed by atoms with van der Waals surface area (Å²) in [6.45, 7) is 3.85. The molecule has 9 nitrogen and oxygen atoms in total. The summed E-state index contributed by atoms with van der Waals surface area (Å²) in [7, 11) is 1.56. The lowest BCUT2D eigenvalue weighted by Crippen LogP contribution is -2.32. The number of ether oxygens (including phenoxy) is 1. The van der Waals surface area contributed by atoms with Gasteiger partial charge in [0.25, 0.3) is 0 Å². The van der Waals surface area contributed by atoms with Crippen LogP contribution in [0.4, 0.5) is 23.1 Å². The molecule has 1 aromatic carbocycles. The van der Waals surface area contributed by atoms with E-state index in [1.807, 2.05) is 6.92 Å². The molecule has 122 valence electrons. The van der Waals surface area contributed by atoms with Gasteiger partial charge in [-0.2, -0.15) is 4.98 Å². The van der Waals surface area contributed by atoms with E-state index >= 15 is 0 Å². The van der Waals surface area contributed by atoms with Crippen LogP contribution in [0.5, 0.6) is 5.75 Å². The monoisotopic (exact) mass is 318 g/mol. The van der Waals surface area contributed by atoms with E-state index in [-0.39, 0.29) is 23.1 Å². The van der Waals surface area contributed by atoms with Gasteiger partial charge in [-0.05, 0) is 38.1 Å². The van der Waals surface area contributed by atoms with E-state index in [0.29, 0.717) is 18.0 Å². The zero-order chi connectivity index (χ0) is 17.0. The second kappa shape index (κ2) is 6.88. The van der Waals surface area contributed by atoms with E-state index in [4.69, 9.17) is 10.6 Å². The van der Waals surface area contributed by atoms with Gasteiger partial charge in [0.05, 0.1) is 12.0 Å². The Morgan fingerprint density at radius 2 is 2.00 bits per heavy atom. The van der Waals surface area contributed by atoms with Crippen molar-refractivity contribution in [3.05, 3.63) is 40.1 Å². The number of nitrogens with one attached hydrogen (secondary N) is 1. The lowest BCUT2D eigenvalue weighted by Gasteiger charge is -2.16. The van der Waals surface area contributed by atoms with Gasteiger partial charge in [-0.3, -0.25) is 15.1 Å². The Balaban J connectivity index is 2.44. The summed E-state index contributed by atoms with van der Waals surface area (Å²) >= 11 is 0. The highest BCUT2D eigenvalue weighted by Gasteiger charge is 2.23. The molecular weight excluding hydrogens is 300 g/mol. The number of aromatic nitrogens is 2. The minimum atomic E-state index is -0.516. The molecule has 1 heterocycles. The van der Waals surface area contributed by atoms with Crippen LogP contribution in [0.1, 0.15) is 12.6 Å². The fraction of sp³-hybridized carbons (Fsp3) is 0.286. The van der Waals surface area contributed by atoms with Gasteiger partial charge in [0.15, 0.2) is 0 Å². The highest BCUT2D eigenvalue weighted by Crippen LogP contribution is 2.30. The Kier molecular flexibility index (Phi) is 4.91. The molecule has 1 aromatic heterocycles. The van der Waals surface area contributed by atoms with Crippen molar-refractivity contribution in [3.63, 3.8) is 0 Å². The molecule has 0 saturated carbocycles. The van der Waals surface area contributed by atoms with Crippen molar-refractivity contribution in [2.75, 3.05) is 24.0 Å². The molecule has 0 unspecified atom stereocenters. The average molecular weight is 318 g/mol. The van der Waals surface area contributed by atoms with Gasteiger partial charge in [0, 0.05) is 12.2 Å². The first-order valence-electron chi connectivity index (χ1n) is 6.92. The number of nitro groups is 1. The van der Waals surface area contributed by atoms with E-state index in [0.717, 1.165) is 0 Å². The van der Waals surface area contributed by atoms with Crippen molar-refractivity contribution in [3.8, 4) is 5.75 Å². The Morgan fingerprint density at radius 1 is 1.35 bits per heavy atom. The normalized spacial score (nSPS) is 10.3. The number of hydrogen-bond donors (Lipinski definition) is 2. The highest BCUT2D eigenvalue weighted by molar-refractivity contribution is 5.68. The van der Waals surface area contributed by atoms with Gasteiger partial charge >= 0.3 is 5.69 Å². The number of nitrogens with zero attached hydrogens (tertiary/aromatic N) is 4. The zero-order valence-corrected chi connectivity index (χ0v) is 13.1. The third-order valence-corrected chi connectivity index (χ3v) is 3.18. The summed E-state index contributed by atoms with van der Waals surface area (Å²) < 4.78 is 5.08. The number of aryl methyl sites for hydroxylation is 1. The molecule has 2 aromatic rings. The van der Waals surface area contributed by atoms with Crippen molar-refractivity contribution in [2.24, 2.45) is 5.84 Å². The number of methoxy groups -OCH3 is 1.